The number of nitrogens with zero attached hydrogens (tertiary/aromatic N) is 1. The minimum Gasteiger partial charge on any atom is -0.368 e. The van der Waals surface area contributed by atoms with Crippen LogP contribution in [0.1, 0.15) is 17.2 Å². The van der Waals surface area contributed by atoms with Crippen LogP contribution >= 0.6 is 30.3 Å². The first-order chi connectivity index (χ1) is 13.1. The average molecular weight is 493 g/mol. The van der Waals surface area contributed by atoms with Crippen molar-refractivity contribution in [3.8, 4) is 0 Å². The van der Waals surface area contributed by atoms with Crippen molar-refractivity contribution >= 4 is 42.1 Å². The van der Waals surface area contributed by atoms with Crippen LogP contribution in [0.15, 0.2) is 72.3 Å². The van der Waals surface area contributed by atoms with E-state index in [1.165, 1.54) is 0 Å². The molecule has 0 bridgehead atoms. The Balaban J connectivity index is 1.77. The third-order valence-corrected chi connectivity index (χ3v) is 6.53. The zero-order chi connectivity index (χ0) is 19.2. The Labute approximate surface area is 175 Å². The van der Waals surface area contributed by atoms with Crippen molar-refractivity contribution in [2.75, 3.05) is 6.54 Å². The lowest BCUT2D eigenvalue weighted by molar-refractivity contribution is -0.125. The van der Waals surface area contributed by atoms with Gasteiger partial charge in [-0.3, -0.25) is 9.59 Å². The van der Waals surface area contributed by atoms with Crippen LogP contribution in [-0.2, 0) is 16.0 Å². The summed E-state index contributed by atoms with van der Waals surface area (Å²) in [6, 6.07) is 18.5. The first-order valence-corrected chi connectivity index (χ1v) is 11.9. The monoisotopic (exact) mass is 493 g/mol. The predicted molar refractivity (Wildman–Crippen MR) is 117 cm³/mol. The second kappa shape index (κ2) is 9.38. The van der Waals surface area contributed by atoms with Crippen molar-refractivity contribution in [1.29, 1.82) is 0 Å². The maximum absolute atomic E-state index is 13.0. The molecule has 2 atom stereocenters. The summed E-state index contributed by atoms with van der Waals surface area (Å²) in [4.78, 5) is 24.9. The Morgan fingerprint density at radius 2 is 1.78 bits per heavy atom. The smallest absolute Gasteiger partial charge is 0.249 e. The number of primary amides is 1. The van der Waals surface area contributed by atoms with E-state index in [2.05, 4.69) is 30.8 Å². The maximum Gasteiger partial charge on any atom is 0.249 e. The summed E-state index contributed by atoms with van der Waals surface area (Å²) >= 11 is 2.22. The minimum absolute atomic E-state index is 0.154. The van der Waals surface area contributed by atoms with Crippen LogP contribution in [0.5, 0.6) is 0 Å². The standard InChI is InChI=1S/C20H20IN3O2S/c21-27-24-12-11-16(18(24)15-9-5-2-6-10-15)20(26)23-17(19(22)25)13-14-7-3-1-4-8-14/h1-11,17-18H,12-13H2,(H2,22,25)(H,23,26)/t17-,18-/m0/s1. The molecule has 0 saturated carbocycles. The largest absolute Gasteiger partial charge is 0.368 e. The first kappa shape index (κ1) is 19.9. The lowest BCUT2D eigenvalue weighted by Crippen LogP contribution is -2.46. The van der Waals surface area contributed by atoms with Gasteiger partial charge < -0.3 is 11.1 Å². The van der Waals surface area contributed by atoms with Crippen LogP contribution in [0, 0.1) is 0 Å². The summed E-state index contributed by atoms with van der Waals surface area (Å²) < 4.78 is 2.13. The number of hydrogen-bond donors (Lipinski definition) is 2. The molecule has 0 aliphatic carbocycles. The number of rotatable bonds is 7. The van der Waals surface area contributed by atoms with E-state index in [9.17, 15) is 9.59 Å². The van der Waals surface area contributed by atoms with E-state index in [4.69, 9.17) is 5.73 Å². The van der Waals surface area contributed by atoms with Crippen molar-refractivity contribution in [2.45, 2.75) is 18.5 Å². The SMILES string of the molecule is NC(=O)[C@H](Cc1ccccc1)NC(=O)C1=CCN(SI)[C@H]1c1ccccc1. The van der Waals surface area contributed by atoms with Gasteiger partial charge in [-0.05, 0) is 20.2 Å². The topological polar surface area (TPSA) is 75.4 Å². The van der Waals surface area contributed by atoms with Crippen LogP contribution in [-0.4, -0.2) is 28.7 Å². The zero-order valence-electron chi connectivity index (χ0n) is 14.5. The quantitative estimate of drug-likeness (QED) is 0.459. The Morgan fingerprint density at radius 1 is 1.15 bits per heavy atom. The molecule has 0 saturated heterocycles. The fraction of sp³-hybridized carbons (Fsp3) is 0.200. The number of amides is 2. The zero-order valence-corrected chi connectivity index (χ0v) is 17.5. The highest BCUT2D eigenvalue weighted by atomic mass is 127. The highest BCUT2D eigenvalue weighted by Crippen LogP contribution is 2.40. The number of hydrogen-bond acceptors (Lipinski definition) is 4. The number of nitrogens with one attached hydrogen (secondary N) is 1. The molecular formula is C20H20IN3O2S. The molecule has 2 aromatic carbocycles. The van der Waals surface area contributed by atoms with Crippen molar-refractivity contribution < 1.29 is 9.59 Å². The van der Waals surface area contributed by atoms with Crippen LogP contribution in [0.25, 0.3) is 0 Å². The molecule has 27 heavy (non-hydrogen) atoms. The Hall–Kier alpha value is -1.84. The highest BCUT2D eigenvalue weighted by molar-refractivity contribution is 14.2. The Morgan fingerprint density at radius 3 is 2.37 bits per heavy atom. The molecule has 1 heterocycles. The maximum atomic E-state index is 13.0. The summed E-state index contributed by atoms with van der Waals surface area (Å²) in [7, 11) is 1.56. The van der Waals surface area contributed by atoms with Crippen molar-refractivity contribution in [3.63, 3.8) is 0 Å². The molecule has 0 aromatic heterocycles. The van der Waals surface area contributed by atoms with E-state index < -0.39 is 11.9 Å². The van der Waals surface area contributed by atoms with Crippen LogP contribution in [0.3, 0.4) is 0 Å². The molecule has 1 aliphatic heterocycles. The fourth-order valence-electron chi connectivity index (χ4n) is 3.14. The summed E-state index contributed by atoms with van der Waals surface area (Å²) in [6.45, 7) is 0.663. The molecule has 3 rings (SSSR count). The lowest BCUT2D eigenvalue weighted by Gasteiger charge is -2.25. The number of nitrogens with two attached hydrogens (primary N) is 1. The second-order valence-electron chi connectivity index (χ2n) is 6.26. The van der Waals surface area contributed by atoms with Gasteiger partial charge in [-0.25, -0.2) is 4.31 Å². The van der Waals surface area contributed by atoms with E-state index in [-0.39, 0.29) is 11.9 Å². The highest BCUT2D eigenvalue weighted by Gasteiger charge is 2.34. The minimum atomic E-state index is -0.751. The van der Waals surface area contributed by atoms with Gasteiger partial charge in [-0.2, -0.15) is 0 Å². The normalized spacial score (nSPS) is 18.0. The molecule has 2 amide bonds. The van der Waals surface area contributed by atoms with Crippen LogP contribution < -0.4 is 11.1 Å². The number of carbonyl (C=O) groups is 2. The van der Waals surface area contributed by atoms with Crippen molar-refractivity contribution in [3.05, 3.63) is 83.4 Å². The van der Waals surface area contributed by atoms with Gasteiger partial charge in [0.1, 0.15) is 6.04 Å². The van der Waals surface area contributed by atoms with Gasteiger partial charge in [0, 0.05) is 39.7 Å². The molecule has 5 nitrogen and oxygen atoms in total. The molecule has 1 aliphatic rings. The van der Waals surface area contributed by atoms with E-state index in [1.54, 1.807) is 9.12 Å². The van der Waals surface area contributed by atoms with Crippen molar-refractivity contribution in [2.24, 2.45) is 5.73 Å². The molecule has 0 unspecified atom stereocenters. The molecule has 3 N–H and O–H groups in total. The number of halogens is 1. The van der Waals surface area contributed by atoms with E-state index >= 15 is 0 Å². The molecule has 0 fully saturated rings. The molecule has 140 valence electrons. The van der Waals surface area contributed by atoms with Gasteiger partial charge in [0.05, 0.1) is 6.04 Å². The Kier molecular flexibility index (Phi) is 6.92. The van der Waals surface area contributed by atoms with Gasteiger partial charge in [0.2, 0.25) is 11.8 Å². The lowest BCUT2D eigenvalue weighted by atomic mass is 9.99. The van der Waals surface area contributed by atoms with Gasteiger partial charge in [0.15, 0.2) is 0 Å². The van der Waals surface area contributed by atoms with Gasteiger partial charge in [0.25, 0.3) is 0 Å². The van der Waals surface area contributed by atoms with Gasteiger partial charge in [-0.1, -0.05) is 66.7 Å². The van der Waals surface area contributed by atoms with Crippen LogP contribution in [0.4, 0.5) is 0 Å². The molecule has 7 heteroatoms. The molecule has 2 aromatic rings. The molecule has 0 spiro atoms. The van der Waals surface area contributed by atoms with Crippen molar-refractivity contribution in [1.82, 2.24) is 9.62 Å². The Bertz CT molecular complexity index is 830. The van der Waals surface area contributed by atoms with Gasteiger partial charge in [-0.15, -0.1) is 0 Å². The number of benzene rings is 2. The van der Waals surface area contributed by atoms with E-state index in [0.29, 0.717) is 18.5 Å². The van der Waals surface area contributed by atoms with E-state index in [0.717, 1.165) is 11.1 Å². The van der Waals surface area contributed by atoms with Gasteiger partial charge >= 0.3 is 0 Å². The van der Waals surface area contributed by atoms with Crippen LogP contribution in [0.2, 0.25) is 0 Å². The average Bonchev–Trinajstić information content (AvgIpc) is 3.13. The fourth-order valence-corrected chi connectivity index (χ4v) is 4.75. The first-order valence-electron chi connectivity index (χ1n) is 8.54. The molecular weight excluding hydrogens is 473 g/mol. The molecule has 0 radical (unpaired) electrons. The van der Waals surface area contributed by atoms with E-state index in [1.807, 2.05) is 66.7 Å². The third-order valence-electron chi connectivity index (χ3n) is 4.47. The summed E-state index contributed by atoms with van der Waals surface area (Å²) in [6.07, 6.45) is 2.29. The number of carbonyl (C=O) groups excluding carboxylic acids is 2. The summed E-state index contributed by atoms with van der Waals surface area (Å²) in [5.41, 5.74) is 8.18. The predicted octanol–water partition coefficient (Wildman–Crippen LogP) is 3.18. The summed E-state index contributed by atoms with van der Waals surface area (Å²) in [5, 5.41) is 2.83. The third kappa shape index (κ3) is 4.91. The summed E-state index contributed by atoms with van der Waals surface area (Å²) in [5.74, 6) is -0.793. The second-order valence-corrected chi connectivity index (χ2v) is 8.05.